The Hall–Kier alpha value is -1.14. The molecule has 1 saturated heterocycles. The van der Waals surface area contributed by atoms with Gasteiger partial charge < -0.3 is 4.74 Å². The van der Waals surface area contributed by atoms with Crippen LogP contribution in [0.1, 0.15) is 18.9 Å². The van der Waals surface area contributed by atoms with Crippen LogP contribution in [0.4, 0.5) is 0 Å². The van der Waals surface area contributed by atoms with E-state index in [0.29, 0.717) is 6.42 Å². The van der Waals surface area contributed by atoms with E-state index in [-0.39, 0.29) is 9.99 Å². The van der Waals surface area contributed by atoms with Gasteiger partial charge in [0.2, 0.25) is 5.91 Å². The summed E-state index contributed by atoms with van der Waals surface area (Å²) in [6.07, 6.45) is 2.08. The summed E-state index contributed by atoms with van der Waals surface area (Å²) in [7, 11) is 1.61. The highest BCUT2D eigenvalue weighted by atomic mass is 32.2. The summed E-state index contributed by atoms with van der Waals surface area (Å²) < 4.78 is 5.21. The van der Waals surface area contributed by atoms with Gasteiger partial charge in [0.15, 0.2) is 0 Å². The van der Waals surface area contributed by atoms with E-state index < -0.39 is 0 Å². The number of benzene rings is 1. The zero-order chi connectivity index (χ0) is 14.4. The summed E-state index contributed by atoms with van der Waals surface area (Å²) in [4.78, 5) is 11.9. The number of amides is 1. The van der Waals surface area contributed by atoms with Crippen molar-refractivity contribution in [2.24, 2.45) is 5.10 Å². The molecule has 1 N–H and O–H groups in total. The van der Waals surface area contributed by atoms with E-state index in [0.717, 1.165) is 22.8 Å². The molecule has 0 saturated carbocycles. The smallest absolute Gasteiger partial charge is 0.242 e. The van der Waals surface area contributed by atoms with Crippen LogP contribution in [0.3, 0.4) is 0 Å². The van der Waals surface area contributed by atoms with Crippen LogP contribution in [-0.2, 0) is 4.79 Å². The van der Waals surface area contributed by atoms with Crippen LogP contribution in [0.25, 0.3) is 0 Å². The molecule has 1 aromatic carbocycles. The van der Waals surface area contributed by atoms with Crippen LogP contribution < -0.4 is 10.2 Å². The van der Waals surface area contributed by atoms with Gasteiger partial charge in [0, 0.05) is 17.1 Å². The van der Waals surface area contributed by atoms with Gasteiger partial charge in [-0.25, -0.2) is 5.43 Å². The van der Waals surface area contributed by atoms with Crippen molar-refractivity contribution in [3.05, 3.63) is 29.8 Å². The third-order valence-corrected chi connectivity index (χ3v) is 6.20. The Balaban J connectivity index is 1.88. The molecule has 0 aliphatic carbocycles. The SMILES string of the molecule is COc1ccccc1C=NNC(=O)CC1(C)SCCS1. The molecule has 1 aliphatic rings. The summed E-state index contributed by atoms with van der Waals surface area (Å²) in [5.74, 6) is 2.90. The molecule has 2 rings (SSSR count). The molecule has 0 spiro atoms. The van der Waals surface area contributed by atoms with Gasteiger partial charge in [0.05, 0.1) is 23.8 Å². The van der Waals surface area contributed by atoms with Gasteiger partial charge in [-0.3, -0.25) is 4.79 Å². The van der Waals surface area contributed by atoms with Crippen LogP contribution in [0.15, 0.2) is 29.4 Å². The Morgan fingerprint density at radius 3 is 2.85 bits per heavy atom. The summed E-state index contributed by atoms with van der Waals surface area (Å²) >= 11 is 3.68. The molecule has 0 radical (unpaired) electrons. The van der Waals surface area contributed by atoms with Crippen molar-refractivity contribution in [1.29, 1.82) is 0 Å². The predicted molar refractivity (Wildman–Crippen MR) is 86.7 cm³/mol. The predicted octanol–water partition coefficient (Wildman–Crippen LogP) is 2.73. The topological polar surface area (TPSA) is 50.7 Å². The fraction of sp³-hybridized carbons (Fsp3) is 0.429. The highest BCUT2D eigenvalue weighted by molar-refractivity contribution is 8.21. The van der Waals surface area contributed by atoms with Crippen molar-refractivity contribution in [3.8, 4) is 5.75 Å². The number of carbonyl (C=O) groups is 1. The first-order valence-corrected chi connectivity index (χ1v) is 8.33. The van der Waals surface area contributed by atoms with Crippen molar-refractivity contribution in [1.82, 2.24) is 5.43 Å². The number of ether oxygens (including phenoxy) is 1. The van der Waals surface area contributed by atoms with Gasteiger partial charge in [-0.15, -0.1) is 23.5 Å². The Bertz CT molecular complexity index is 500. The number of hydrogen-bond acceptors (Lipinski definition) is 5. The van der Waals surface area contributed by atoms with E-state index in [1.54, 1.807) is 13.3 Å². The monoisotopic (exact) mass is 310 g/mol. The first kappa shape index (κ1) is 15.3. The minimum absolute atomic E-state index is 0.00988. The molecule has 0 unspecified atom stereocenters. The molecule has 1 amide bonds. The van der Waals surface area contributed by atoms with Crippen molar-refractivity contribution < 1.29 is 9.53 Å². The number of rotatable bonds is 5. The molecule has 6 heteroatoms. The molecule has 0 atom stereocenters. The average molecular weight is 310 g/mol. The van der Waals surface area contributed by atoms with Gasteiger partial charge in [-0.1, -0.05) is 12.1 Å². The fourth-order valence-electron chi connectivity index (χ4n) is 1.94. The number of carbonyl (C=O) groups excluding carboxylic acids is 1. The van der Waals surface area contributed by atoms with Crippen LogP contribution in [0.5, 0.6) is 5.75 Å². The van der Waals surface area contributed by atoms with Gasteiger partial charge in [0.25, 0.3) is 0 Å². The quantitative estimate of drug-likeness (QED) is 0.671. The molecule has 0 aromatic heterocycles. The van der Waals surface area contributed by atoms with E-state index in [9.17, 15) is 4.79 Å². The molecule has 0 bridgehead atoms. The Labute approximate surface area is 127 Å². The molecule has 20 heavy (non-hydrogen) atoms. The largest absolute Gasteiger partial charge is 0.496 e. The lowest BCUT2D eigenvalue weighted by Gasteiger charge is -2.19. The maximum atomic E-state index is 11.9. The second-order valence-corrected chi connectivity index (χ2v) is 8.00. The zero-order valence-corrected chi connectivity index (χ0v) is 13.2. The molecule has 4 nitrogen and oxygen atoms in total. The lowest BCUT2D eigenvalue weighted by molar-refractivity contribution is -0.121. The molecule has 1 aromatic rings. The highest BCUT2D eigenvalue weighted by Gasteiger charge is 2.32. The van der Waals surface area contributed by atoms with Crippen molar-refractivity contribution in [2.75, 3.05) is 18.6 Å². The fourth-order valence-corrected chi connectivity index (χ4v) is 4.77. The van der Waals surface area contributed by atoms with E-state index in [2.05, 4.69) is 17.5 Å². The summed E-state index contributed by atoms with van der Waals surface area (Å²) in [5, 5.41) is 4.00. The zero-order valence-electron chi connectivity index (χ0n) is 11.6. The lowest BCUT2D eigenvalue weighted by Crippen LogP contribution is -2.26. The standard InChI is InChI=1S/C14H18N2O2S2/c1-14(19-7-8-20-14)9-13(17)16-15-10-11-5-3-4-6-12(11)18-2/h3-6,10H,7-9H2,1-2H3,(H,16,17). The molecule has 1 heterocycles. The number of hydrazone groups is 1. The van der Waals surface area contributed by atoms with Crippen LogP contribution in [-0.4, -0.2) is 34.8 Å². The van der Waals surface area contributed by atoms with Crippen molar-refractivity contribution in [2.45, 2.75) is 17.4 Å². The number of nitrogens with one attached hydrogen (secondary N) is 1. The summed E-state index contributed by atoms with van der Waals surface area (Å²) in [5.41, 5.74) is 3.42. The van der Waals surface area contributed by atoms with E-state index >= 15 is 0 Å². The van der Waals surface area contributed by atoms with E-state index in [1.807, 2.05) is 47.8 Å². The lowest BCUT2D eigenvalue weighted by atomic mass is 10.2. The third-order valence-electron chi connectivity index (χ3n) is 2.91. The Morgan fingerprint density at radius 1 is 1.45 bits per heavy atom. The number of thioether (sulfide) groups is 2. The highest BCUT2D eigenvalue weighted by Crippen LogP contribution is 2.45. The average Bonchev–Trinajstić information content (AvgIpc) is 2.85. The van der Waals surface area contributed by atoms with Gasteiger partial charge in [0.1, 0.15) is 5.75 Å². The summed E-state index contributed by atoms with van der Waals surface area (Å²) in [6, 6.07) is 7.54. The first-order chi connectivity index (χ1) is 9.63. The summed E-state index contributed by atoms with van der Waals surface area (Å²) in [6.45, 7) is 2.11. The molecule has 1 aliphatic heterocycles. The Kier molecular flexibility index (Phi) is 5.37. The van der Waals surface area contributed by atoms with Gasteiger partial charge in [-0.2, -0.15) is 5.10 Å². The molecular weight excluding hydrogens is 292 g/mol. The van der Waals surface area contributed by atoms with Gasteiger partial charge >= 0.3 is 0 Å². The minimum atomic E-state index is -0.0550. The number of methoxy groups -OCH3 is 1. The van der Waals surface area contributed by atoms with E-state index in [4.69, 9.17) is 4.74 Å². The van der Waals surface area contributed by atoms with E-state index in [1.165, 1.54) is 0 Å². The molecular formula is C14H18N2O2S2. The normalized spacial score (nSPS) is 17.3. The maximum absolute atomic E-state index is 11.9. The second-order valence-electron chi connectivity index (χ2n) is 4.54. The molecule has 1 fully saturated rings. The Morgan fingerprint density at radius 2 is 2.15 bits per heavy atom. The molecule has 108 valence electrons. The van der Waals surface area contributed by atoms with Crippen LogP contribution in [0.2, 0.25) is 0 Å². The second kappa shape index (κ2) is 7.04. The van der Waals surface area contributed by atoms with Crippen molar-refractivity contribution >= 4 is 35.6 Å². The maximum Gasteiger partial charge on any atom is 0.242 e. The van der Waals surface area contributed by atoms with Crippen LogP contribution >= 0.6 is 23.5 Å². The van der Waals surface area contributed by atoms with Gasteiger partial charge in [-0.05, 0) is 19.1 Å². The minimum Gasteiger partial charge on any atom is -0.496 e. The number of hydrogen-bond donors (Lipinski definition) is 1. The third kappa shape index (κ3) is 4.18. The number of para-hydroxylation sites is 1. The number of nitrogens with zero attached hydrogens (tertiary/aromatic N) is 1. The van der Waals surface area contributed by atoms with Crippen LogP contribution in [0, 0.1) is 0 Å². The van der Waals surface area contributed by atoms with Crippen molar-refractivity contribution in [3.63, 3.8) is 0 Å². The first-order valence-electron chi connectivity index (χ1n) is 6.36.